The lowest BCUT2D eigenvalue weighted by Gasteiger charge is -2.19. The van der Waals surface area contributed by atoms with E-state index in [4.69, 9.17) is 6.42 Å². The second-order valence-electron chi connectivity index (χ2n) is 3.59. The molecule has 13 heavy (non-hydrogen) atoms. The molecule has 0 aromatic heterocycles. The van der Waals surface area contributed by atoms with Crippen molar-refractivity contribution in [2.75, 3.05) is 0 Å². The second-order valence-corrected chi connectivity index (χ2v) is 3.59. The van der Waals surface area contributed by atoms with Gasteiger partial charge in [-0.05, 0) is 25.8 Å². The topological polar surface area (TPSA) is 12.0 Å². The Balaban J connectivity index is 2.50. The summed E-state index contributed by atoms with van der Waals surface area (Å²) in [6.07, 6.45) is 7.06. The molecule has 67 valence electrons. The average Bonchev–Trinajstić information content (AvgIpc) is 2.17. The van der Waals surface area contributed by atoms with Gasteiger partial charge in [-0.25, -0.2) is 0 Å². The zero-order valence-corrected chi connectivity index (χ0v) is 8.09. The van der Waals surface area contributed by atoms with Crippen molar-refractivity contribution < 1.29 is 0 Å². The highest BCUT2D eigenvalue weighted by Gasteiger charge is 2.11. The van der Waals surface area contributed by atoms with Crippen LogP contribution < -0.4 is 5.32 Å². The van der Waals surface area contributed by atoms with Gasteiger partial charge in [0.15, 0.2) is 0 Å². The molecule has 0 amide bonds. The van der Waals surface area contributed by atoms with Crippen LogP contribution in [0.3, 0.4) is 0 Å². The Kier molecular flexibility index (Phi) is 3.11. The minimum Gasteiger partial charge on any atom is -0.297 e. The molecule has 1 heteroatoms. The largest absolute Gasteiger partial charge is 0.297 e. The van der Waals surface area contributed by atoms with Crippen molar-refractivity contribution in [2.45, 2.75) is 25.9 Å². The van der Waals surface area contributed by atoms with Crippen LogP contribution in [0.1, 0.15) is 19.4 Å². The fraction of sp³-hybridized carbons (Fsp3) is 0.333. The first-order chi connectivity index (χ1) is 6.14. The van der Waals surface area contributed by atoms with Crippen molar-refractivity contribution in [3.63, 3.8) is 0 Å². The molecule has 0 heterocycles. The van der Waals surface area contributed by atoms with Gasteiger partial charge in [0, 0.05) is 6.54 Å². The van der Waals surface area contributed by atoms with E-state index in [1.807, 2.05) is 32.0 Å². The van der Waals surface area contributed by atoms with Crippen LogP contribution in [-0.2, 0) is 6.54 Å². The summed E-state index contributed by atoms with van der Waals surface area (Å²) in [5, 5.41) is 3.23. The van der Waals surface area contributed by atoms with Crippen molar-refractivity contribution in [1.82, 2.24) is 5.32 Å². The van der Waals surface area contributed by atoms with Crippen LogP contribution in [0.15, 0.2) is 30.3 Å². The Morgan fingerprint density at radius 2 is 1.92 bits per heavy atom. The van der Waals surface area contributed by atoms with E-state index in [1.165, 1.54) is 5.56 Å². The molecule has 0 saturated carbocycles. The summed E-state index contributed by atoms with van der Waals surface area (Å²) in [5.74, 6) is 2.45. The monoisotopic (exact) mass is 172 g/mol. The summed E-state index contributed by atoms with van der Waals surface area (Å²) in [6, 6.07) is 10.1. The summed E-state index contributed by atoms with van der Waals surface area (Å²) in [5.41, 5.74) is 0.890. The molecule has 1 radical (unpaired) electrons. The van der Waals surface area contributed by atoms with E-state index in [0.29, 0.717) is 0 Å². The lowest BCUT2D eigenvalue weighted by atomic mass is 10.1. The predicted molar refractivity (Wildman–Crippen MR) is 54.5 cm³/mol. The third-order valence-corrected chi connectivity index (χ3v) is 1.89. The maximum atomic E-state index is 7.06. The zero-order valence-electron chi connectivity index (χ0n) is 8.09. The molecule has 0 bridgehead atoms. The third kappa shape index (κ3) is 3.31. The van der Waals surface area contributed by atoms with Gasteiger partial charge in [0.25, 0.3) is 0 Å². The van der Waals surface area contributed by atoms with Crippen LogP contribution in [0, 0.1) is 12.3 Å². The van der Waals surface area contributed by atoms with Crippen LogP contribution >= 0.6 is 0 Å². The van der Waals surface area contributed by atoms with Gasteiger partial charge in [0.1, 0.15) is 0 Å². The molecule has 0 spiro atoms. The van der Waals surface area contributed by atoms with E-state index in [2.05, 4.69) is 23.4 Å². The minimum absolute atomic E-state index is 0.337. The summed E-state index contributed by atoms with van der Waals surface area (Å²) in [7, 11) is 0. The van der Waals surface area contributed by atoms with Gasteiger partial charge in [-0.1, -0.05) is 36.3 Å². The Hall–Kier alpha value is -1.26. The highest BCUT2D eigenvalue weighted by molar-refractivity contribution is 5.15. The Bertz CT molecular complexity index is 293. The molecule has 0 aliphatic carbocycles. The highest BCUT2D eigenvalue weighted by Crippen LogP contribution is 2.03. The molecule has 1 aromatic rings. The molecule has 0 saturated heterocycles. The Morgan fingerprint density at radius 3 is 2.46 bits per heavy atom. The van der Waals surface area contributed by atoms with Crippen molar-refractivity contribution in [3.8, 4) is 5.92 Å². The van der Waals surface area contributed by atoms with Crippen LogP contribution in [0.5, 0.6) is 0 Å². The molecular weight excluding hydrogens is 158 g/mol. The van der Waals surface area contributed by atoms with Crippen molar-refractivity contribution in [3.05, 3.63) is 42.3 Å². The van der Waals surface area contributed by atoms with Crippen LogP contribution in [0.2, 0.25) is 0 Å². The molecule has 0 aliphatic heterocycles. The molecule has 1 aromatic carbocycles. The van der Waals surface area contributed by atoms with Gasteiger partial charge >= 0.3 is 0 Å². The van der Waals surface area contributed by atoms with Crippen LogP contribution in [0.25, 0.3) is 0 Å². The molecule has 1 N–H and O–H groups in total. The first kappa shape index (κ1) is 9.83. The van der Waals surface area contributed by atoms with Crippen molar-refractivity contribution >= 4 is 0 Å². The van der Waals surface area contributed by atoms with Gasteiger partial charge < -0.3 is 0 Å². The van der Waals surface area contributed by atoms with E-state index < -0.39 is 0 Å². The van der Waals surface area contributed by atoms with Crippen LogP contribution in [0.4, 0.5) is 0 Å². The normalized spacial score (nSPS) is 10.8. The number of hydrogen-bond donors (Lipinski definition) is 1. The van der Waals surface area contributed by atoms with Crippen molar-refractivity contribution in [1.29, 1.82) is 0 Å². The summed E-state index contributed by atoms with van der Waals surface area (Å²) >= 11 is 0. The second kappa shape index (κ2) is 4.11. The molecule has 0 fully saturated rings. The summed E-state index contributed by atoms with van der Waals surface area (Å²) in [6.45, 7) is 4.64. The summed E-state index contributed by atoms with van der Waals surface area (Å²) < 4.78 is 0. The van der Waals surface area contributed by atoms with Gasteiger partial charge in [-0.2, -0.15) is 0 Å². The summed E-state index contributed by atoms with van der Waals surface area (Å²) in [4.78, 5) is 0. The van der Waals surface area contributed by atoms with E-state index in [1.54, 1.807) is 0 Å². The van der Waals surface area contributed by atoms with Crippen molar-refractivity contribution in [2.24, 2.45) is 0 Å². The van der Waals surface area contributed by atoms with Gasteiger partial charge in [-0.3, -0.25) is 5.32 Å². The average molecular weight is 172 g/mol. The number of rotatable bonds is 3. The maximum Gasteiger partial charge on any atom is 0.0756 e. The van der Waals surface area contributed by atoms with Gasteiger partial charge in [0.05, 0.1) is 5.54 Å². The zero-order chi connectivity index (χ0) is 9.73. The highest BCUT2D eigenvalue weighted by atomic mass is 14.9. The standard InChI is InChI=1S/C12H14N/c1-4-12(2,3)13-10-11-8-6-5-7-9-11/h5-9,13H,10H2,2-3H3. The first-order valence-corrected chi connectivity index (χ1v) is 4.37. The smallest absolute Gasteiger partial charge is 0.0756 e. The number of nitrogens with one attached hydrogen (secondary N) is 1. The molecule has 1 nitrogen and oxygen atoms in total. The maximum absolute atomic E-state index is 7.06. The molecular formula is C12H14N. The Labute approximate surface area is 80.2 Å². The molecule has 1 rings (SSSR count). The Morgan fingerprint density at radius 1 is 1.31 bits per heavy atom. The fourth-order valence-corrected chi connectivity index (χ4v) is 0.963. The lowest BCUT2D eigenvalue weighted by molar-refractivity contribution is 0.490. The fourth-order valence-electron chi connectivity index (χ4n) is 0.963. The predicted octanol–water partition coefficient (Wildman–Crippen LogP) is 2.14. The van der Waals surface area contributed by atoms with E-state index in [0.717, 1.165) is 6.54 Å². The van der Waals surface area contributed by atoms with E-state index >= 15 is 0 Å². The number of hydrogen-bond acceptors (Lipinski definition) is 1. The first-order valence-electron chi connectivity index (χ1n) is 4.37. The SMILES string of the molecule is [C]#CC(C)(C)NCc1ccccc1. The van der Waals surface area contributed by atoms with Gasteiger partial charge in [-0.15, -0.1) is 0 Å². The minimum atomic E-state index is -0.337. The molecule has 0 unspecified atom stereocenters. The lowest BCUT2D eigenvalue weighted by Crippen LogP contribution is -2.36. The van der Waals surface area contributed by atoms with E-state index in [-0.39, 0.29) is 5.54 Å². The van der Waals surface area contributed by atoms with Gasteiger partial charge in [0.2, 0.25) is 0 Å². The van der Waals surface area contributed by atoms with Crippen LogP contribution in [-0.4, -0.2) is 5.54 Å². The third-order valence-electron chi connectivity index (χ3n) is 1.89. The number of benzene rings is 1. The molecule has 0 atom stereocenters. The molecule has 0 aliphatic rings. The quantitative estimate of drug-likeness (QED) is 0.689. The van der Waals surface area contributed by atoms with E-state index in [9.17, 15) is 0 Å².